The van der Waals surface area contributed by atoms with Gasteiger partial charge in [-0.2, -0.15) is 15.5 Å². The van der Waals surface area contributed by atoms with E-state index in [0.717, 1.165) is 61.4 Å². The quantitative estimate of drug-likeness (QED) is 0.185. The molecule has 0 unspecified atom stereocenters. The van der Waals surface area contributed by atoms with E-state index in [1.807, 2.05) is 48.5 Å². The molecule has 0 bridgehead atoms. The number of carbonyl (C=O) groups is 1. The van der Waals surface area contributed by atoms with Crippen LogP contribution in [-0.4, -0.2) is 85.1 Å². The van der Waals surface area contributed by atoms with Gasteiger partial charge in [0, 0.05) is 58.1 Å². The molecule has 0 aliphatic rings. The van der Waals surface area contributed by atoms with Gasteiger partial charge in [-0.3, -0.25) is 0 Å². The van der Waals surface area contributed by atoms with Gasteiger partial charge in [0.25, 0.3) is 0 Å². The monoisotopic (exact) mass is 945 g/mol. The van der Waals surface area contributed by atoms with Crippen molar-refractivity contribution in [3.05, 3.63) is 134 Å². The standard InChI is InChI=1S/C24H21N9.C24H22N8O2.K.H2O/c1-24(2,3)33-21-7-5-16(17-11-28-23(26)29-12-17)9-19(21)31-22(33)18-8-15(10-25)4-6-20(18)32-14-27-13-30-32;1-24(2,3)32-20-7-4-14(16-10-27-23(25)28-11-16)9-18(20)30-21(32)17-8-15(22(33)34)5-6-19(17)31-13-26-12-29-31;;/h4-9,11-14H,1-3H3,(H2,26,28,29);4-13H,1-3H3,(H,33,34)(H2,25,27,28);;1H2/q;;+1;/p-1. The summed E-state index contributed by atoms with van der Waals surface area (Å²) >= 11 is 0. The molecule has 0 radical (unpaired) electrons. The number of hydrogen-bond acceptors (Lipinski definition) is 15. The number of nitrogens with two attached hydrogens (primary N) is 2. The number of fused-ring (bicyclic) bond motifs is 2. The average molecular weight is 946 g/mol. The van der Waals surface area contributed by atoms with Crippen molar-refractivity contribution < 1.29 is 66.8 Å². The Morgan fingerprint density at radius 2 is 1.04 bits per heavy atom. The largest absolute Gasteiger partial charge is 1.00 e. The second kappa shape index (κ2) is 19.6. The van der Waals surface area contributed by atoms with Crippen LogP contribution in [0.2, 0.25) is 0 Å². The Kier molecular flexibility index (Phi) is 14.0. The molecule has 10 aromatic rings. The van der Waals surface area contributed by atoms with Crippen LogP contribution in [0.1, 0.15) is 57.5 Å². The first-order valence-electron chi connectivity index (χ1n) is 20.9. The van der Waals surface area contributed by atoms with E-state index in [1.165, 1.54) is 12.7 Å². The Hall–Kier alpha value is -7.58. The van der Waals surface area contributed by atoms with Crippen molar-refractivity contribution >= 4 is 39.9 Å². The number of carboxylic acid groups (broad SMARTS) is 1. The van der Waals surface area contributed by atoms with Crippen LogP contribution >= 0.6 is 0 Å². The fourth-order valence-electron chi connectivity index (χ4n) is 7.91. The maximum atomic E-state index is 11.8. The first-order chi connectivity index (χ1) is 32.1. The van der Waals surface area contributed by atoms with Gasteiger partial charge in [-0.25, -0.2) is 54.0 Å². The second-order valence-corrected chi connectivity index (χ2v) is 17.5. The fraction of sp³-hybridized carbons (Fsp3) is 0.167. The van der Waals surface area contributed by atoms with Gasteiger partial charge in [-0.15, -0.1) is 0 Å². The molecular formula is C48H44KN17O3. The molecule has 0 spiro atoms. The van der Waals surface area contributed by atoms with Crippen LogP contribution in [0.15, 0.2) is 123 Å². The van der Waals surface area contributed by atoms with Crippen molar-refractivity contribution in [3.8, 4) is 62.5 Å². The summed E-state index contributed by atoms with van der Waals surface area (Å²) in [5.74, 6) is 0.795. The van der Waals surface area contributed by atoms with E-state index in [2.05, 4.69) is 96.8 Å². The van der Waals surface area contributed by atoms with Gasteiger partial charge in [0.1, 0.15) is 37.0 Å². The molecule has 21 heteroatoms. The molecule has 0 amide bonds. The topological polar surface area (TPSA) is 292 Å². The normalized spacial score (nSPS) is 11.3. The Bertz CT molecular complexity index is 3490. The molecule has 0 saturated heterocycles. The van der Waals surface area contributed by atoms with Gasteiger partial charge in [-0.05, 0) is 113 Å². The number of nitriles is 1. The average Bonchev–Trinajstić information content (AvgIpc) is 4.15. The predicted octanol–water partition coefficient (Wildman–Crippen LogP) is 4.55. The van der Waals surface area contributed by atoms with Gasteiger partial charge < -0.3 is 31.2 Å². The van der Waals surface area contributed by atoms with Gasteiger partial charge >= 0.3 is 57.4 Å². The smallest absolute Gasteiger partial charge is 0.870 e. The zero-order valence-corrected chi connectivity index (χ0v) is 41.8. The van der Waals surface area contributed by atoms with Crippen LogP contribution in [-0.2, 0) is 11.1 Å². The number of rotatable bonds is 7. The van der Waals surface area contributed by atoms with Gasteiger partial charge in [-0.1, -0.05) is 12.1 Å². The Morgan fingerprint density at radius 1 is 0.609 bits per heavy atom. The van der Waals surface area contributed by atoms with Crippen LogP contribution < -0.4 is 62.9 Å². The molecule has 0 aliphatic carbocycles. The summed E-state index contributed by atoms with van der Waals surface area (Å²) < 4.78 is 7.57. The number of benzene rings is 4. The first kappa shape index (κ1) is 49.3. The molecule has 6 heterocycles. The first-order valence-corrected chi connectivity index (χ1v) is 20.9. The molecule has 6 N–H and O–H groups in total. The molecule has 0 aliphatic heterocycles. The Balaban J connectivity index is 0.000000198. The van der Waals surface area contributed by atoms with E-state index in [9.17, 15) is 15.2 Å². The zero-order chi connectivity index (χ0) is 47.2. The van der Waals surface area contributed by atoms with Crippen molar-refractivity contribution in [2.75, 3.05) is 11.5 Å². The minimum absolute atomic E-state index is 0. The third kappa shape index (κ3) is 9.89. The molecular weight excluding hydrogens is 902 g/mol. The van der Waals surface area contributed by atoms with E-state index in [1.54, 1.807) is 71.1 Å². The number of carboxylic acids is 1. The van der Waals surface area contributed by atoms with Crippen LogP contribution in [0.4, 0.5) is 11.9 Å². The van der Waals surface area contributed by atoms with Gasteiger partial charge in [0.2, 0.25) is 11.9 Å². The third-order valence-corrected chi connectivity index (χ3v) is 10.8. The molecule has 0 atom stereocenters. The van der Waals surface area contributed by atoms with Crippen LogP contribution in [0.3, 0.4) is 0 Å². The number of nitrogens with zero attached hydrogens (tertiary/aromatic N) is 15. The summed E-state index contributed by atoms with van der Waals surface area (Å²) in [7, 11) is 0. The predicted molar refractivity (Wildman–Crippen MR) is 255 cm³/mol. The molecule has 0 saturated carbocycles. The summed E-state index contributed by atoms with van der Waals surface area (Å²) in [5.41, 5.74) is 21.2. The third-order valence-electron chi connectivity index (χ3n) is 10.8. The van der Waals surface area contributed by atoms with E-state index in [-0.39, 0.29) is 85.4 Å². The summed E-state index contributed by atoms with van der Waals surface area (Å²) in [6.45, 7) is 12.6. The number of nitrogen functional groups attached to an aromatic ring is 2. The Morgan fingerprint density at radius 3 is 1.43 bits per heavy atom. The SMILES string of the molecule is CC(C)(C)n1c(-c2cc(C#N)ccc2-n2cncn2)nc2cc(-c3cnc(N)nc3)ccc21.CC(C)(C)n1c(-c2cc(C(=O)O)ccc2-n2cncn2)nc2cc(-c3cnc(N)nc3)ccc21.[K+].[OH-]. The maximum absolute atomic E-state index is 11.8. The molecule has 6 aromatic heterocycles. The summed E-state index contributed by atoms with van der Waals surface area (Å²) in [5, 5.41) is 27.7. The molecule has 20 nitrogen and oxygen atoms in total. The molecule has 0 fully saturated rings. The van der Waals surface area contributed by atoms with E-state index in [0.29, 0.717) is 22.6 Å². The second-order valence-electron chi connectivity index (χ2n) is 17.5. The summed E-state index contributed by atoms with van der Waals surface area (Å²) in [6.07, 6.45) is 12.9. The number of hydrogen-bond donors (Lipinski definition) is 3. The van der Waals surface area contributed by atoms with Crippen molar-refractivity contribution in [3.63, 3.8) is 0 Å². The number of anilines is 2. The zero-order valence-electron chi connectivity index (χ0n) is 38.7. The van der Waals surface area contributed by atoms with Gasteiger partial charge in [0.05, 0.1) is 50.6 Å². The van der Waals surface area contributed by atoms with E-state index < -0.39 is 5.97 Å². The minimum atomic E-state index is -1.02. The van der Waals surface area contributed by atoms with E-state index in [4.69, 9.17) is 21.4 Å². The molecule has 10 rings (SSSR count). The number of imidazole rings is 2. The van der Waals surface area contributed by atoms with Gasteiger partial charge in [0.15, 0.2) is 0 Å². The molecule has 4 aromatic carbocycles. The molecule has 340 valence electrons. The van der Waals surface area contributed by atoms with Crippen molar-refractivity contribution in [2.45, 2.75) is 52.6 Å². The number of aromatic carboxylic acids is 1. The van der Waals surface area contributed by atoms with Crippen LogP contribution in [0.5, 0.6) is 0 Å². The van der Waals surface area contributed by atoms with Crippen LogP contribution in [0, 0.1) is 11.3 Å². The van der Waals surface area contributed by atoms with Crippen LogP contribution in [0.25, 0.3) is 78.5 Å². The Labute approximate surface area is 437 Å². The maximum Gasteiger partial charge on any atom is 1.00 e. The van der Waals surface area contributed by atoms with E-state index >= 15 is 0 Å². The fourth-order valence-corrected chi connectivity index (χ4v) is 7.91. The minimum Gasteiger partial charge on any atom is -0.870 e. The van der Waals surface area contributed by atoms with Crippen molar-refractivity contribution in [2.24, 2.45) is 0 Å². The van der Waals surface area contributed by atoms with Crippen molar-refractivity contribution in [1.82, 2.24) is 68.6 Å². The summed E-state index contributed by atoms with van der Waals surface area (Å²) in [6, 6.07) is 24.6. The van der Waals surface area contributed by atoms with Crippen molar-refractivity contribution in [1.29, 1.82) is 5.26 Å². The summed E-state index contributed by atoms with van der Waals surface area (Å²) in [4.78, 5) is 46.3. The molecule has 69 heavy (non-hydrogen) atoms. The number of aromatic nitrogens is 14.